The maximum Gasteiger partial charge on any atom is 0.255 e. The SMILES string of the molecule is CSO.Cn1nccc1Nc1nccc(-c2cc3c(s2)C(C)(C)N(CCN2CCOCC2)C3=O)n1. The molecule has 3 aromatic heterocycles. The molecular weight excluding hydrogens is 486 g/mol. The number of fused-ring (bicyclic) bond motifs is 1. The molecule has 0 aliphatic carbocycles. The monoisotopic (exact) mass is 517 g/mol. The molecule has 2 aliphatic rings. The standard InChI is InChI=1S/C22H27N7O2S.CH4OS/c1-22(2)19-15(20(30)29(22)9-8-28-10-12-31-13-11-28)14-17(32-19)16-4-6-23-21(25-16)26-18-5-7-24-27(18)3;1-3-2/h4-7,14H,8-13H2,1-3H3,(H,23,25,26);2H,1H3. The van der Waals surface area contributed by atoms with Gasteiger partial charge in [0, 0.05) is 56.6 Å². The van der Waals surface area contributed by atoms with Gasteiger partial charge in [-0.2, -0.15) is 5.10 Å². The van der Waals surface area contributed by atoms with Crippen molar-refractivity contribution in [2.75, 3.05) is 51.0 Å². The van der Waals surface area contributed by atoms with Crippen LogP contribution in [0.1, 0.15) is 29.1 Å². The van der Waals surface area contributed by atoms with Gasteiger partial charge < -0.3 is 19.5 Å². The fourth-order valence-corrected chi connectivity index (χ4v) is 5.50. The minimum atomic E-state index is -0.343. The highest BCUT2D eigenvalue weighted by Crippen LogP contribution is 2.45. The summed E-state index contributed by atoms with van der Waals surface area (Å²) < 4.78 is 14.6. The Morgan fingerprint density at radius 1 is 1.23 bits per heavy atom. The van der Waals surface area contributed by atoms with E-state index in [2.05, 4.69) is 39.1 Å². The van der Waals surface area contributed by atoms with Crippen molar-refractivity contribution in [1.82, 2.24) is 29.5 Å². The number of thiophene rings is 1. The molecule has 12 heteroatoms. The number of hydrogen-bond donors (Lipinski definition) is 2. The Bertz CT molecular complexity index is 1160. The number of morpholine rings is 1. The Kier molecular flexibility index (Phi) is 8.07. The minimum Gasteiger partial charge on any atom is -0.379 e. The minimum absolute atomic E-state index is 0.100. The molecule has 0 spiro atoms. The summed E-state index contributed by atoms with van der Waals surface area (Å²) in [7, 11) is 1.86. The van der Waals surface area contributed by atoms with E-state index < -0.39 is 0 Å². The molecule has 1 fully saturated rings. The van der Waals surface area contributed by atoms with E-state index in [0.717, 1.165) is 78.3 Å². The average molecular weight is 518 g/mol. The van der Waals surface area contributed by atoms with Gasteiger partial charge in [-0.15, -0.1) is 11.3 Å². The summed E-state index contributed by atoms with van der Waals surface area (Å²) in [5.74, 6) is 1.41. The van der Waals surface area contributed by atoms with Gasteiger partial charge in [0.15, 0.2) is 0 Å². The largest absolute Gasteiger partial charge is 0.379 e. The van der Waals surface area contributed by atoms with Gasteiger partial charge in [-0.05, 0) is 38.0 Å². The first-order valence-corrected chi connectivity index (χ1v) is 13.4. The third-order valence-corrected chi connectivity index (χ3v) is 7.62. The van der Waals surface area contributed by atoms with Crippen LogP contribution in [0.2, 0.25) is 0 Å². The highest BCUT2D eigenvalue weighted by Gasteiger charge is 2.44. The maximum absolute atomic E-state index is 13.3. The maximum atomic E-state index is 13.3. The highest BCUT2D eigenvalue weighted by molar-refractivity contribution is 7.93. The Hall–Kier alpha value is -2.51. The first kappa shape index (κ1) is 25.6. The van der Waals surface area contributed by atoms with Crippen LogP contribution in [0.25, 0.3) is 10.6 Å². The molecule has 1 saturated heterocycles. The number of ether oxygens (including phenoxy) is 1. The molecule has 5 rings (SSSR count). The Morgan fingerprint density at radius 3 is 2.63 bits per heavy atom. The van der Waals surface area contributed by atoms with E-state index in [1.165, 1.54) is 0 Å². The van der Waals surface area contributed by atoms with Crippen molar-refractivity contribution in [1.29, 1.82) is 0 Å². The van der Waals surface area contributed by atoms with Crippen LogP contribution < -0.4 is 5.32 Å². The van der Waals surface area contributed by atoms with Gasteiger partial charge in [0.25, 0.3) is 5.91 Å². The number of amides is 1. The first-order chi connectivity index (χ1) is 16.8. The van der Waals surface area contributed by atoms with Gasteiger partial charge in [-0.1, -0.05) is 0 Å². The van der Waals surface area contributed by atoms with Gasteiger partial charge >= 0.3 is 0 Å². The predicted molar refractivity (Wildman–Crippen MR) is 139 cm³/mol. The molecule has 188 valence electrons. The van der Waals surface area contributed by atoms with Crippen molar-refractivity contribution < 1.29 is 14.1 Å². The Morgan fingerprint density at radius 2 is 1.97 bits per heavy atom. The van der Waals surface area contributed by atoms with Gasteiger partial charge in [-0.25, -0.2) is 9.97 Å². The number of carbonyl (C=O) groups is 1. The molecular formula is C23H31N7O3S2. The van der Waals surface area contributed by atoms with Crippen LogP contribution in [0.3, 0.4) is 0 Å². The molecule has 0 atom stereocenters. The summed E-state index contributed by atoms with van der Waals surface area (Å²) in [6.07, 6.45) is 5.04. The molecule has 0 radical (unpaired) electrons. The smallest absolute Gasteiger partial charge is 0.255 e. The highest BCUT2D eigenvalue weighted by atomic mass is 32.2. The third-order valence-electron chi connectivity index (χ3n) is 6.15. The molecule has 2 aliphatic heterocycles. The Balaban J connectivity index is 0.000000917. The molecule has 0 bridgehead atoms. The van der Waals surface area contributed by atoms with Gasteiger partial charge in [0.2, 0.25) is 5.95 Å². The third kappa shape index (κ3) is 5.51. The number of nitrogens with zero attached hydrogens (tertiary/aromatic N) is 6. The number of rotatable bonds is 6. The summed E-state index contributed by atoms with van der Waals surface area (Å²) >= 11 is 2.39. The van der Waals surface area contributed by atoms with Gasteiger partial charge in [0.1, 0.15) is 5.82 Å². The first-order valence-electron chi connectivity index (χ1n) is 11.4. The van der Waals surface area contributed by atoms with Crippen molar-refractivity contribution in [3.63, 3.8) is 0 Å². The van der Waals surface area contributed by atoms with Crippen LogP contribution in [0.15, 0.2) is 30.6 Å². The normalized spacial score (nSPS) is 17.2. The fourth-order valence-electron chi connectivity index (χ4n) is 4.27. The van der Waals surface area contributed by atoms with Crippen LogP contribution in [0.5, 0.6) is 0 Å². The number of aryl methyl sites for hydroxylation is 1. The zero-order valence-corrected chi connectivity index (χ0v) is 22.0. The van der Waals surface area contributed by atoms with E-state index in [-0.39, 0.29) is 11.4 Å². The number of nitrogens with one attached hydrogen (secondary N) is 1. The second-order valence-electron chi connectivity index (χ2n) is 8.74. The number of aromatic nitrogens is 4. The van der Waals surface area contributed by atoms with Crippen molar-refractivity contribution in [3.05, 3.63) is 41.0 Å². The van der Waals surface area contributed by atoms with Crippen LogP contribution in [0, 0.1) is 0 Å². The van der Waals surface area contributed by atoms with Gasteiger partial charge in [0.05, 0.1) is 41.1 Å². The van der Waals surface area contributed by atoms with Crippen LogP contribution >= 0.6 is 23.4 Å². The molecule has 10 nitrogen and oxygen atoms in total. The molecule has 3 aromatic rings. The van der Waals surface area contributed by atoms with Crippen LogP contribution in [0.4, 0.5) is 11.8 Å². The van der Waals surface area contributed by atoms with Crippen molar-refractivity contribution in [2.24, 2.45) is 7.05 Å². The van der Waals surface area contributed by atoms with Gasteiger partial charge in [-0.3, -0.25) is 14.4 Å². The molecule has 2 N–H and O–H groups in total. The summed E-state index contributed by atoms with van der Waals surface area (Å²) in [6.45, 7) is 9.24. The lowest BCUT2D eigenvalue weighted by molar-refractivity contribution is 0.0263. The second kappa shape index (κ2) is 11.0. The molecule has 1 amide bonds. The quantitative estimate of drug-likeness (QED) is 0.475. The van der Waals surface area contributed by atoms with Crippen LogP contribution in [-0.4, -0.2) is 85.7 Å². The Labute approximate surface area is 213 Å². The molecule has 0 unspecified atom stereocenters. The lowest BCUT2D eigenvalue weighted by Gasteiger charge is -2.35. The fraction of sp³-hybridized carbons (Fsp3) is 0.478. The number of carbonyl (C=O) groups excluding carboxylic acids is 1. The molecule has 5 heterocycles. The van der Waals surface area contributed by atoms with E-state index in [9.17, 15) is 4.79 Å². The summed E-state index contributed by atoms with van der Waals surface area (Å²) in [5.41, 5.74) is 1.24. The summed E-state index contributed by atoms with van der Waals surface area (Å²) in [5, 5.41) is 7.34. The van der Waals surface area contributed by atoms with E-state index >= 15 is 0 Å². The second-order valence-corrected chi connectivity index (χ2v) is 10.2. The lowest BCUT2D eigenvalue weighted by Crippen LogP contribution is -2.46. The number of anilines is 2. The summed E-state index contributed by atoms with van der Waals surface area (Å²) in [4.78, 5) is 28.7. The topological polar surface area (TPSA) is 109 Å². The van der Waals surface area contributed by atoms with Crippen LogP contribution in [-0.2, 0) is 17.3 Å². The average Bonchev–Trinajstić information content (AvgIpc) is 3.51. The molecule has 35 heavy (non-hydrogen) atoms. The van der Waals surface area contributed by atoms with E-state index in [1.54, 1.807) is 34.7 Å². The predicted octanol–water partition coefficient (Wildman–Crippen LogP) is 3.53. The van der Waals surface area contributed by atoms with E-state index in [4.69, 9.17) is 9.29 Å². The van der Waals surface area contributed by atoms with E-state index in [1.807, 2.05) is 30.1 Å². The van der Waals surface area contributed by atoms with Crippen molar-refractivity contribution >= 4 is 41.1 Å². The number of hydrogen-bond acceptors (Lipinski definition) is 10. The molecule has 0 aromatic carbocycles. The lowest BCUT2D eigenvalue weighted by atomic mass is 10.0. The van der Waals surface area contributed by atoms with E-state index in [0.29, 0.717) is 5.95 Å². The zero-order valence-electron chi connectivity index (χ0n) is 20.4. The zero-order chi connectivity index (χ0) is 25.0. The molecule has 0 saturated carbocycles. The summed E-state index contributed by atoms with van der Waals surface area (Å²) in [6, 6.07) is 5.72. The van der Waals surface area contributed by atoms with Crippen molar-refractivity contribution in [3.8, 4) is 10.6 Å². The van der Waals surface area contributed by atoms with Crippen molar-refractivity contribution in [2.45, 2.75) is 19.4 Å².